The van der Waals surface area contributed by atoms with Gasteiger partial charge in [0.1, 0.15) is 11.6 Å². The van der Waals surface area contributed by atoms with E-state index in [4.69, 9.17) is 9.47 Å². The summed E-state index contributed by atoms with van der Waals surface area (Å²) in [6, 6.07) is 10.7. The second-order valence-corrected chi connectivity index (χ2v) is 7.82. The van der Waals surface area contributed by atoms with Crippen molar-refractivity contribution in [2.24, 2.45) is 5.92 Å². The SMILES string of the molecule is CCOC(=O)C1CCCN(C(=O)CN(C)C(=O)c2cccnc2Nc2ccccc2OC)C1. The zero-order chi connectivity index (χ0) is 23.8. The lowest BCUT2D eigenvalue weighted by Gasteiger charge is -2.32. The van der Waals surface area contributed by atoms with E-state index in [2.05, 4.69) is 10.3 Å². The number of piperidine rings is 1. The fraction of sp³-hybridized carbons (Fsp3) is 0.417. The number of amides is 2. The molecule has 0 aliphatic carbocycles. The van der Waals surface area contributed by atoms with E-state index in [9.17, 15) is 14.4 Å². The second kappa shape index (κ2) is 11.3. The molecule has 1 atom stereocenters. The van der Waals surface area contributed by atoms with Crippen molar-refractivity contribution in [2.45, 2.75) is 19.8 Å². The molecule has 33 heavy (non-hydrogen) atoms. The molecule has 2 amide bonds. The van der Waals surface area contributed by atoms with Gasteiger partial charge in [0, 0.05) is 26.3 Å². The number of nitrogens with one attached hydrogen (secondary N) is 1. The van der Waals surface area contributed by atoms with Crippen LogP contribution in [0.1, 0.15) is 30.1 Å². The Morgan fingerprint density at radius 3 is 2.76 bits per heavy atom. The minimum Gasteiger partial charge on any atom is -0.495 e. The van der Waals surface area contributed by atoms with Gasteiger partial charge in [0.15, 0.2) is 0 Å². The molecule has 9 nitrogen and oxygen atoms in total. The van der Waals surface area contributed by atoms with Crippen LogP contribution in [0.3, 0.4) is 0 Å². The molecule has 1 N–H and O–H groups in total. The summed E-state index contributed by atoms with van der Waals surface area (Å²) in [4.78, 5) is 45.4. The molecule has 1 aromatic heterocycles. The zero-order valence-corrected chi connectivity index (χ0v) is 19.2. The highest BCUT2D eigenvalue weighted by atomic mass is 16.5. The van der Waals surface area contributed by atoms with Crippen LogP contribution >= 0.6 is 0 Å². The number of rotatable bonds is 8. The fourth-order valence-corrected chi connectivity index (χ4v) is 3.79. The lowest BCUT2D eigenvalue weighted by Crippen LogP contribution is -2.47. The van der Waals surface area contributed by atoms with Gasteiger partial charge in [0.2, 0.25) is 5.91 Å². The summed E-state index contributed by atoms with van der Waals surface area (Å²) in [5, 5.41) is 3.14. The number of carbonyl (C=O) groups excluding carboxylic acids is 3. The molecule has 2 aromatic rings. The zero-order valence-electron chi connectivity index (χ0n) is 19.2. The topological polar surface area (TPSA) is 101 Å². The van der Waals surface area contributed by atoms with Crippen LogP contribution in [0, 0.1) is 5.92 Å². The van der Waals surface area contributed by atoms with Crippen molar-refractivity contribution in [3.8, 4) is 5.75 Å². The van der Waals surface area contributed by atoms with Gasteiger partial charge in [0.25, 0.3) is 5.91 Å². The van der Waals surface area contributed by atoms with Gasteiger partial charge in [-0.05, 0) is 44.0 Å². The van der Waals surface area contributed by atoms with Crippen LogP contribution in [0.4, 0.5) is 11.5 Å². The van der Waals surface area contributed by atoms with Crippen molar-refractivity contribution in [2.75, 3.05) is 45.7 Å². The maximum Gasteiger partial charge on any atom is 0.310 e. The summed E-state index contributed by atoms with van der Waals surface area (Å²) in [7, 11) is 3.14. The molecule has 1 aliphatic heterocycles. The first-order valence-electron chi connectivity index (χ1n) is 11.0. The first-order valence-corrected chi connectivity index (χ1v) is 11.0. The maximum atomic E-state index is 13.2. The molecule has 176 valence electrons. The minimum absolute atomic E-state index is 0.0998. The highest BCUT2D eigenvalue weighted by Crippen LogP contribution is 2.28. The Hall–Kier alpha value is -3.62. The van der Waals surface area contributed by atoms with Crippen molar-refractivity contribution < 1.29 is 23.9 Å². The van der Waals surface area contributed by atoms with Crippen molar-refractivity contribution in [3.05, 3.63) is 48.2 Å². The molecule has 1 aromatic carbocycles. The number of pyridine rings is 1. The molecule has 3 rings (SSSR count). The second-order valence-electron chi connectivity index (χ2n) is 7.82. The lowest BCUT2D eigenvalue weighted by atomic mass is 9.98. The van der Waals surface area contributed by atoms with E-state index in [1.807, 2.05) is 18.2 Å². The third kappa shape index (κ3) is 6.00. The molecule has 9 heteroatoms. The summed E-state index contributed by atoms with van der Waals surface area (Å²) in [6.45, 7) is 2.85. The summed E-state index contributed by atoms with van der Waals surface area (Å²) < 4.78 is 10.5. The predicted octanol–water partition coefficient (Wildman–Crippen LogP) is 2.71. The summed E-state index contributed by atoms with van der Waals surface area (Å²) in [6.07, 6.45) is 3.01. The number of likely N-dealkylation sites (tertiary alicyclic amines) is 1. The highest BCUT2D eigenvalue weighted by molar-refractivity contribution is 6.01. The van der Waals surface area contributed by atoms with E-state index in [1.54, 1.807) is 50.4 Å². The molecule has 0 saturated carbocycles. The van der Waals surface area contributed by atoms with Crippen LogP contribution in [-0.4, -0.2) is 73.0 Å². The van der Waals surface area contributed by atoms with E-state index < -0.39 is 0 Å². The van der Waals surface area contributed by atoms with E-state index in [0.717, 1.165) is 6.42 Å². The molecule has 0 bridgehead atoms. The van der Waals surface area contributed by atoms with E-state index in [0.29, 0.717) is 48.9 Å². The summed E-state index contributed by atoms with van der Waals surface area (Å²) in [5.74, 6) is -0.158. The van der Waals surface area contributed by atoms with Crippen LogP contribution in [0.15, 0.2) is 42.6 Å². The van der Waals surface area contributed by atoms with Gasteiger partial charge < -0.3 is 24.6 Å². The average Bonchev–Trinajstić information content (AvgIpc) is 2.84. The van der Waals surface area contributed by atoms with Gasteiger partial charge in [-0.25, -0.2) is 4.98 Å². The third-order valence-electron chi connectivity index (χ3n) is 5.51. The van der Waals surface area contributed by atoms with Gasteiger partial charge in [-0.1, -0.05) is 12.1 Å². The first kappa shape index (κ1) is 24.0. The number of hydrogen-bond acceptors (Lipinski definition) is 7. The molecule has 0 spiro atoms. The third-order valence-corrected chi connectivity index (χ3v) is 5.51. The van der Waals surface area contributed by atoms with Crippen molar-refractivity contribution in [1.82, 2.24) is 14.8 Å². The summed E-state index contributed by atoms with van der Waals surface area (Å²) in [5.41, 5.74) is 1.01. The van der Waals surface area contributed by atoms with Gasteiger partial charge in [-0.2, -0.15) is 0 Å². The van der Waals surface area contributed by atoms with Crippen LogP contribution in [0.25, 0.3) is 0 Å². The quantitative estimate of drug-likeness (QED) is 0.612. The number of likely N-dealkylation sites (N-methyl/N-ethyl adjacent to an activating group) is 1. The number of hydrogen-bond donors (Lipinski definition) is 1. The molecule has 1 unspecified atom stereocenters. The highest BCUT2D eigenvalue weighted by Gasteiger charge is 2.30. The molecule has 2 heterocycles. The first-order chi connectivity index (χ1) is 15.9. The normalized spacial score (nSPS) is 15.5. The summed E-state index contributed by atoms with van der Waals surface area (Å²) >= 11 is 0. The maximum absolute atomic E-state index is 13.2. The van der Waals surface area contributed by atoms with Crippen molar-refractivity contribution >= 4 is 29.3 Å². The van der Waals surface area contributed by atoms with Crippen LogP contribution < -0.4 is 10.1 Å². The van der Waals surface area contributed by atoms with Crippen molar-refractivity contribution in [3.63, 3.8) is 0 Å². The molecule has 0 radical (unpaired) electrons. The van der Waals surface area contributed by atoms with E-state index >= 15 is 0 Å². The lowest BCUT2D eigenvalue weighted by molar-refractivity contribution is -0.151. The minimum atomic E-state index is -0.340. The number of methoxy groups -OCH3 is 1. The Labute approximate surface area is 193 Å². The van der Waals surface area contributed by atoms with Gasteiger partial charge in [-0.3, -0.25) is 14.4 Å². The van der Waals surface area contributed by atoms with Crippen LogP contribution in [0.5, 0.6) is 5.75 Å². The Morgan fingerprint density at radius 1 is 1.21 bits per heavy atom. The number of benzene rings is 1. The van der Waals surface area contributed by atoms with Crippen molar-refractivity contribution in [1.29, 1.82) is 0 Å². The number of para-hydroxylation sites is 2. The Morgan fingerprint density at radius 2 is 2.00 bits per heavy atom. The Balaban J connectivity index is 1.68. The number of ether oxygens (including phenoxy) is 2. The fourth-order valence-electron chi connectivity index (χ4n) is 3.79. The average molecular weight is 455 g/mol. The van der Waals surface area contributed by atoms with Gasteiger partial charge >= 0.3 is 5.97 Å². The Bertz CT molecular complexity index is 996. The monoisotopic (exact) mass is 454 g/mol. The molecule has 1 fully saturated rings. The largest absolute Gasteiger partial charge is 0.495 e. The van der Waals surface area contributed by atoms with Crippen LogP contribution in [-0.2, 0) is 14.3 Å². The van der Waals surface area contributed by atoms with Crippen LogP contribution in [0.2, 0.25) is 0 Å². The Kier molecular flexibility index (Phi) is 8.23. The number of aromatic nitrogens is 1. The number of carbonyl (C=O) groups is 3. The number of nitrogens with zero attached hydrogens (tertiary/aromatic N) is 3. The molecular formula is C24H30N4O5. The van der Waals surface area contributed by atoms with Gasteiger partial charge in [-0.15, -0.1) is 0 Å². The van der Waals surface area contributed by atoms with E-state index in [-0.39, 0.29) is 30.2 Å². The van der Waals surface area contributed by atoms with E-state index in [1.165, 1.54) is 4.90 Å². The molecular weight excluding hydrogens is 424 g/mol. The smallest absolute Gasteiger partial charge is 0.310 e. The number of esters is 1. The van der Waals surface area contributed by atoms with Gasteiger partial charge in [0.05, 0.1) is 37.4 Å². The molecule has 1 aliphatic rings. The predicted molar refractivity (Wildman–Crippen MR) is 123 cm³/mol. The number of anilines is 2. The standard InChI is InChI=1S/C24H30N4O5/c1-4-33-24(31)17-9-8-14-28(15-17)21(29)16-27(2)23(30)18-10-7-13-25-22(18)26-19-11-5-6-12-20(19)32-3/h5-7,10-13,17H,4,8-9,14-16H2,1-3H3,(H,25,26). The molecule has 1 saturated heterocycles.